The van der Waals surface area contributed by atoms with Crippen molar-refractivity contribution in [3.63, 3.8) is 0 Å². The molecule has 0 saturated carbocycles. The number of carboxylic acids is 2. The SMILES string of the molecule is Cc1ccc(C)c(OCCCCOc2ccc(/C=C/c3cccc4c(CCCC(=O)O)cn(CC(=O)O)c34)cc2)c1C. The lowest BCUT2D eigenvalue weighted by Crippen LogP contribution is -2.07. The number of carbonyl (C=O) groups is 2. The zero-order valence-corrected chi connectivity index (χ0v) is 24.6. The van der Waals surface area contributed by atoms with Crippen LogP contribution in [0.1, 0.15) is 59.1 Å². The fourth-order valence-corrected chi connectivity index (χ4v) is 5.07. The Morgan fingerprint density at radius 2 is 1.52 bits per heavy atom. The number of aryl methyl sites for hydroxylation is 3. The van der Waals surface area contributed by atoms with Crippen molar-refractivity contribution < 1.29 is 29.3 Å². The van der Waals surface area contributed by atoms with Crippen molar-refractivity contribution in [2.45, 2.75) is 59.4 Å². The second-order valence-corrected chi connectivity index (χ2v) is 10.6. The summed E-state index contributed by atoms with van der Waals surface area (Å²) in [6.07, 6.45) is 8.75. The lowest BCUT2D eigenvalue weighted by atomic mass is 10.0. The quantitative estimate of drug-likeness (QED) is 0.114. The first-order chi connectivity index (χ1) is 20.2. The first-order valence-corrected chi connectivity index (χ1v) is 14.4. The molecule has 0 bridgehead atoms. The van der Waals surface area contributed by atoms with Crippen LogP contribution >= 0.6 is 0 Å². The summed E-state index contributed by atoms with van der Waals surface area (Å²) >= 11 is 0. The number of unbranched alkanes of at least 4 members (excludes halogenated alkanes) is 1. The van der Waals surface area contributed by atoms with Crippen LogP contribution in [0.2, 0.25) is 0 Å². The number of hydrogen-bond donors (Lipinski definition) is 2. The molecule has 0 amide bonds. The fraction of sp³-hybridized carbons (Fsp3) is 0.314. The van der Waals surface area contributed by atoms with Crippen LogP contribution in [0.25, 0.3) is 23.1 Å². The maximum absolute atomic E-state index is 11.5. The van der Waals surface area contributed by atoms with E-state index < -0.39 is 11.9 Å². The molecule has 4 rings (SSSR count). The number of rotatable bonds is 15. The predicted molar refractivity (Wildman–Crippen MR) is 166 cm³/mol. The first kappa shape index (κ1) is 30.4. The third-order valence-corrected chi connectivity index (χ3v) is 7.42. The van der Waals surface area contributed by atoms with E-state index in [2.05, 4.69) is 32.9 Å². The predicted octanol–water partition coefficient (Wildman–Crippen LogP) is 7.47. The molecule has 4 aromatic rings. The highest BCUT2D eigenvalue weighted by molar-refractivity contribution is 5.94. The molecule has 0 aliphatic carbocycles. The van der Waals surface area contributed by atoms with Gasteiger partial charge in [-0.15, -0.1) is 0 Å². The molecule has 0 radical (unpaired) electrons. The molecule has 42 heavy (non-hydrogen) atoms. The van der Waals surface area contributed by atoms with E-state index >= 15 is 0 Å². The van der Waals surface area contributed by atoms with Gasteiger partial charge >= 0.3 is 11.9 Å². The molecule has 2 N–H and O–H groups in total. The molecule has 0 fully saturated rings. The Morgan fingerprint density at radius 1 is 0.810 bits per heavy atom. The summed E-state index contributed by atoms with van der Waals surface area (Å²) in [6.45, 7) is 7.38. The molecule has 0 aliphatic heterocycles. The number of aromatic nitrogens is 1. The van der Waals surface area contributed by atoms with E-state index in [4.69, 9.17) is 14.6 Å². The number of para-hydroxylation sites is 1. The molecule has 7 nitrogen and oxygen atoms in total. The van der Waals surface area contributed by atoms with E-state index in [-0.39, 0.29) is 13.0 Å². The van der Waals surface area contributed by atoms with E-state index in [0.29, 0.717) is 26.1 Å². The minimum absolute atomic E-state index is 0.0762. The zero-order valence-electron chi connectivity index (χ0n) is 24.6. The van der Waals surface area contributed by atoms with Crippen molar-refractivity contribution in [3.8, 4) is 11.5 Å². The van der Waals surface area contributed by atoms with Crippen LogP contribution < -0.4 is 9.47 Å². The number of fused-ring (bicyclic) bond motifs is 1. The Bertz CT molecular complexity index is 1560. The number of hydrogen-bond acceptors (Lipinski definition) is 4. The van der Waals surface area contributed by atoms with Crippen molar-refractivity contribution in [1.29, 1.82) is 0 Å². The molecule has 1 heterocycles. The van der Waals surface area contributed by atoms with Crippen LogP contribution in [0.4, 0.5) is 0 Å². The highest BCUT2D eigenvalue weighted by atomic mass is 16.5. The largest absolute Gasteiger partial charge is 0.494 e. The van der Waals surface area contributed by atoms with Crippen molar-refractivity contribution >= 4 is 35.0 Å². The van der Waals surface area contributed by atoms with E-state index in [0.717, 1.165) is 57.5 Å². The standard InChI is InChI=1S/C35H39NO6/c1-24-12-13-25(2)35(26(24)3)42-21-5-4-20-41-30-18-15-27(16-19-30)14-17-28-8-6-10-31-29(9-7-11-32(37)38)22-36(34(28)31)23-33(39)40/h6,8,10,12-19,22H,4-5,7,9,11,20-21,23H2,1-3H3,(H,37,38)(H,39,40)/b17-14+. The monoisotopic (exact) mass is 569 g/mol. The third kappa shape index (κ3) is 8.03. The van der Waals surface area contributed by atoms with Gasteiger partial charge in [-0.1, -0.05) is 54.6 Å². The molecule has 0 unspecified atom stereocenters. The van der Waals surface area contributed by atoms with Gasteiger partial charge in [0.15, 0.2) is 0 Å². The smallest absolute Gasteiger partial charge is 0.323 e. The van der Waals surface area contributed by atoms with Gasteiger partial charge in [0.05, 0.1) is 18.7 Å². The Labute approximate surface area is 247 Å². The summed E-state index contributed by atoms with van der Waals surface area (Å²) in [7, 11) is 0. The summed E-state index contributed by atoms with van der Waals surface area (Å²) in [6, 6.07) is 18.0. The van der Waals surface area contributed by atoms with Crippen molar-refractivity contribution in [2.24, 2.45) is 0 Å². The fourth-order valence-electron chi connectivity index (χ4n) is 5.07. The third-order valence-electron chi connectivity index (χ3n) is 7.42. The van der Waals surface area contributed by atoms with Crippen molar-refractivity contribution in [3.05, 3.63) is 94.2 Å². The number of nitrogens with zero attached hydrogens (tertiary/aromatic N) is 1. The summed E-state index contributed by atoms with van der Waals surface area (Å²) in [5, 5.41) is 19.4. The van der Waals surface area contributed by atoms with Gasteiger partial charge in [0.2, 0.25) is 0 Å². The van der Waals surface area contributed by atoms with Gasteiger partial charge in [-0.2, -0.15) is 0 Å². The highest BCUT2D eigenvalue weighted by Crippen LogP contribution is 2.28. The Kier molecular flexibility index (Phi) is 10.4. The van der Waals surface area contributed by atoms with E-state index in [9.17, 15) is 14.7 Å². The summed E-state index contributed by atoms with van der Waals surface area (Å²) in [5.41, 5.74) is 7.28. The van der Waals surface area contributed by atoms with Gasteiger partial charge in [0.25, 0.3) is 0 Å². The molecular formula is C35H39NO6. The molecule has 0 spiro atoms. The van der Waals surface area contributed by atoms with Crippen LogP contribution in [-0.4, -0.2) is 39.9 Å². The van der Waals surface area contributed by atoms with Crippen LogP contribution in [0, 0.1) is 20.8 Å². The second kappa shape index (κ2) is 14.4. The molecule has 0 saturated heterocycles. The van der Waals surface area contributed by atoms with Gasteiger partial charge in [0.1, 0.15) is 18.0 Å². The van der Waals surface area contributed by atoms with Gasteiger partial charge in [0, 0.05) is 18.0 Å². The number of aliphatic carboxylic acids is 2. The van der Waals surface area contributed by atoms with Gasteiger partial charge in [-0.25, -0.2) is 0 Å². The van der Waals surface area contributed by atoms with Crippen molar-refractivity contribution in [2.75, 3.05) is 13.2 Å². The van der Waals surface area contributed by atoms with Crippen LogP contribution in [-0.2, 0) is 22.6 Å². The molecule has 7 heteroatoms. The van der Waals surface area contributed by atoms with Crippen LogP contribution in [0.15, 0.2) is 60.8 Å². The Morgan fingerprint density at radius 3 is 2.24 bits per heavy atom. The Balaban J connectivity index is 1.34. The second-order valence-electron chi connectivity index (χ2n) is 10.6. The number of benzene rings is 3. The molecular weight excluding hydrogens is 530 g/mol. The lowest BCUT2D eigenvalue weighted by molar-refractivity contribution is -0.138. The van der Waals surface area contributed by atoms with Gasteiger partial charge in [-0.3, -0.25) is 9.59 Å². The zero-order chi connectivity index (χ0) is 30.1. The minimum Gasteiger partial charge on any atom is -0.494 e. The van der Waals surface area contributed by atoms with E-state index in [1.54, 1.807) is 4.57 Å². The summed E-state index contributed by atoms with van der Waals surface area (Å²) < 4.78 is 13.7. The highest BCUT2D eigenvalue weighted by Gasteiger charge is 2.14. The molecule has 0 atom stereocenters. The number of ether oxygens (including phenoxy) is 2. The van der Waals surface area contributed by atoms with E-state index in [1.807, 2.05) is 60.8 Å². The van der Waals surface area contributed by atoms with Gasteiger partial charge in [-0.05, 0) is 92.0 Å². The van der Waals surface area contributed by atoms with Gasteiger partial charge < -0.3 is 24.3 Å². The minimum atomic E-state index is -0.928. The normalized spacial score (nSPS) is 11.3. The topological polar surface area (TPSA) is 98.0 Å². The maximum atomic E-state index is 11.5. The molecule has 0 aliphatic rings. The average Bonchev–Trinajstić information content (AvgIpc) is 3.30. The molecule has 3 aromatic carbocycles. The van der Waals surface area contributed by atoms with Crippen molar-refractivity contribution in [1.82, 2.24) is 4.57 Å². The Hall–Kier alpha value is -4.52. The number of carboxylic acid groups (broad SMARTS) is 2. The van der Waals surface area contributed by atoms with Crippen LogP contribution in [0.3, 0.4) is 0 Å². The lowest BCUT2D eigenvalue weighted by Gasteiger charge is -2.14. The molecule has 1 aromatic heterocycles. The average molecular weight is 570 g/mol. The van der Waals surface area contributed by atoms with Crippen LogP contribution in [0.5, 0.6) is 11.5 Å². The molecule has 220 valence electrons. The summed E-state index contributed by atoms with van der Waals surface area (Å²) in [5.74, 6) is 0.0317. The summed E-state index contributed by atoms with van der Waals surface area (Å²) in [4.78, 5) is 22.5. The van der Waals surface area contributed by atoms with E-state index in [1.165, 1.54) is 11.1 Å². The first-order valence-electron chi connectivity index (χ1n) is 14.4. The maximum Gasteiger partial charge on any atom is 0.323 e.